The van der Waals surface area contributed by atoms with E-state index < -0.39 is 12.6 Å². The van der Waals surface area contributed by atoms with Gasteiger partial charge in [0, 0.05) is 0 Å². The van der Waals surface area contributed by atoms with Gasteiger partial charge >= 0.3 is 5.97 Å². The van der Waals surface area contributed by atoms with Crippen LogP contribution in [-0.2, 0) is 9.53 Å². The summed E-state index contributed by atoms with van der Waals surface area (Å²) in [5.74, 6) is 0.0511. The van der Waals surface area contributed by atoms with Crippen molar-refractivity contribution < 1.29 is 14.6 Å². The Labute approximate surface area is 91.4 Å². The Morgan fingerprint density at radius 1 is 1.53 bits per heavy atom. The van der Waals surface area contributed by atoms with E-state index in [9.17, 15) is 4.79 Å². The maximum absolute atomic E-state index is 10.5. The number of hydrogen-bond acceptors (Lipinski definition) is 3. The van der Waals surface area contributed by atoms with Crippen LogP contribution in [0, 0.1) is 5.92 Å². The van der Waals surface area contributed by atoms with Crippen LogP contribution in [0.4, 0.5) is 0 Å². The summed E-state index contributed by atoms with van der Waals surface area (Å²) in [5, 5.41) is 8.37. The zero-order valence-corrected chi connectivity index (χ0v) is 9.53. The highest BCUT2D eigenvalue weighted by molar-refractivity contribution is 5.70. The first-order chi connectivity index (χ1) is 7.06. The van der Waals surface area contributed by atoms with E-state index >= 15 is 0 Å². The summed E-state index contributed by atoms with van der Waals surface area (Å²) in [6.07, 6.45) is 6.10. The van der Waals surface area contributed by atoms with Crippen molar-refractivity contribution in [1.82, 2.24) is 0 Å². The molecule has 0 aromatic carbocycles. The van der Waals surface area contributed by atoms with Crippen molar-refractivity contribution in [3.05, 3.63) is 24.5 Å². The largest absolute Gasteiger partial charge is 0.433 e. The number of aliphatic hydroxyl groups excluding tert-OH is 1. The van der Waals surface area contributed by atoms with E-state index in [2.05, 4.69) is 25.2 Å². The molecule has 3 nitrogen and oxygen atoms in total. The molecule has 0 spiro atoms. The number of ether oxygens (including phenoxy) is 1. The average Bonchev–Trinajstić information content (AvgIpc) is 2.17. The van der Waals surface area contributed by atoms with Gasteiger partial charge in [0.15, 0.2) is 0 Å². The Bertz CT molecular complexity index is 229. The molecular weight excluding hydrogens is 192 g/mol. The highest BCUT2D eigenvalue weighted by Crippen LogP contribution is 2.11. The molecule has 1 N–H and O–H groups in total. The second kappa shape index (κ2) is 8.24. The number of rotatable bonds is 7. The molecule has 0 radical (unpaired) electrons. The van der Waals surface area contributed by atoms with Gasteiger partial charge in [-0.15, -0.1) is 0 Å². The number of allylic oxidation sites excluding steroid dienone is 2. The Kier molecular flexibility index (Phi) is 7.64. The van der Waals surface area contributed by atoms with Crippen LogP contribution in [0.25, 0.3) is 0 Å². The Morgan fingerprint density at radius 2 is 2.20 bits per heavy atom. The van der Waals surface area contributed by atoms with Crippen molar-refractivity contribution in [2.45, 2.75) is 33.1 Å². The molecule has 0 aromatic rings. The van der Waals surface area contributed by atoms with Gasteiger partial charge in [-0.3, -0.25) is 0 Å². The average molecular weight is 212 g/mol. The lowest BCUT2D eigenvalue weighted by Crippen LogP contribution is -2.04. The third-order valence-electron chi connectivity index (χ3n) is 1.91. The van der Waals surface area contributed by atoms with Gasteiger partial charge < -0.3 is 9.84 Å². The molecule has 0 bridgehead atoms. The molecule has 0 rings (SSSR count). The lowest BCUT2D eigenvalue weighted by molar-refractivity contribution is -0.141. The minimum atomic E-state index is -0.652. The van der Waals surface area contributed by atoms with Crippen molar-refractivity contribution in [3.8, 4) is 0 Å². The molecule has 0 unspecified atom stereocenters. The summed E-state index contributed by atoms with van der Waals surface area (Å²) in [7, 11) is 0. The quantitative estimate of drug-likeness (QED) is 0.400. The van der Waals surface area contributed by atoms with Crippen LogP contribution >= 0.6 is 0 Å². The third kappa shape index (κ3) is 9.22. The summed E-state index contributed by atoms with van der Waals surface area (Å²) in [6, 6.07) is 0. The maximum Gasteiger partial charge on any atom is 0.336 e. The highest BCUT2D eigenvalue weighted by Gasteiger charge is 1.97. The number of hydrogen-bond donors (Lipinski definition) is 1. The molecular formula is C12H20O3. The van der Waals surface area contributed by atoms with E-state index in [1.54, 1.807) is 6.08 Å². The van der Waals surface area contributed by atoms with E-state index in [0.717, 1.165) is 18.4 Å². The van der Waals surface area contributed by atoms with Crippen molar-refractivity contribution in [3.63, 3.8) is 0 Å². The molecule has 0 aliphatic rings. The van der Waals surface area contributed by atoms with Crippen LogP contribution in [0.15, 0.2) is 24.5 Å². The zero-order chi connectivity index (χ0) is 11.7. The fraction of sp³-hybridized carbons (Fsp3) is 0.583. The molecule has 0 aliphatic heterocycles. The summed E-state index contributed by atoms with van der Waals surface area (Å²) in [4.78, 5) is 10.5. The molecule has 0 atom stereocenters. The van der Waals surface area contributed by atoms with Gasteiger partial charge in [-0.25, -0.2) is 4.79 Å². The minimum Gasteiger partial charge on any atom is -0.433 e. The molecule has 15 heavy (non-hydrogen) atoms. The first kappa shape index (κ1) is 13.9. The lowest BCUT2D eigenvalue weighted by Gasteiger charge is -2.03. The zero-order valence-electron chi connectivity index (χ0n) is 9.53. The van der Waals surface area contributed by atoms with E-state index in [4.69, 9.17) is 5.11 Å². The van der Waals surface area contributed by atoms with Gasteiger partial charge in [0.05, 0.1) is 6.26 Å². The highest BCUT2D eigenvalue weighted by atomic mass is 16.5. The van der Waals surface area contributed by atoms with Crippen LogP contribution < -0.4 is 0 Å². The molecule has 0 fully saturated rings. The molecule has 86 valence electrons. The summed E-state index contributed by atoms with van der Waals surface area (Å²) in [6.45, 7) is 7.60. The van der Waals surface area contributed by atoms with Crippen LogP contribution in [0.3, 0.4) is 0 Å². The van der Waals surface area contributed by atoms with Crippen molar-refractivity contribution in [1.29, 1.82) is 0 Å². The van der Waals surface area contributed by atoms with Crippen LogP contribution in [0.2, 0.25) is 0 Å². The molecule has 0 amide bonds. The Morgan fingerprint density at radius 3 is 2.73 bits per heavy atom. The van der Waals surface area contributed by atoms with Crippen molar-refractivity contribution in [2.75, 3.05) is 6.61 Å². The lowest BCUT2D eigenvalue weighted by atomic mass is 10.0. The molecule has 0 aliphatic carbocycles. The minimum absolute atomic E-state index is 0.593. The molecule has 3 heteroatoms. The number of carbonyl (C=O) groups is 1. The normalized spacial score (nSPS) is 10.9. The topological polar surface area (TPSA) is 46.5 Å². The van der Waals surface area contributed by atoms with E-state index in [0.29, 0.717) is 5.92 Å². The summed E-state index contributed by atoms with van der Waals surface area (Å²) >= 11 is 0. The molecule has 0 saturated heterocycles. The van der Waals surface area contributed by atoms with E-state index in [1.165, 1.54) is 12.7 Å². The van der Waals surface area contributed by atoms with Gasteiger partial charge in [-0.2, -0.15) is 0 Å². The van der Waals surface area contributed by atoms with Gasteiger partial charge in [-0.1, -0.05) is 32.4 Å². The molecule has 0 saturated carbocycles. The maximum atomic E-state index is 10.5. The second-order valence-electron chi connectivity index (χ2n) is 3.90. The van der Waals surface area contributed by atoms with Crippen molar-refractivity contribution in [2.24, 2.45) is 5.92 Å². The van der Waals surface area contributed by atoms with Gasteiger partial charge in [0.25, 0.3) is 0 Å². The first-order valence-corrected chi connectivity index (χ1v) is 5.21. The van der Waals surface area contributed by atoms with Gasteiger partial charge in [0.1, 0.15) is 6.61 Å². The van der Waals surface area contributed by atoms with Gasteiger partial charge in [0.2, 0.25) is 0 Å². The fourth-order valence-electron chi connectivity index (χ4n) is 1.06. The SMILES string of the molecule is C=C(C=COC(=O)CO)CCCC(C)C. The number of carbonyl (C=O) groups excluding carboxylic acids is 1. The van der Waals surface area contributed by atoms with Crippen LogP contribution in [0.5, 0.6) is 0 Å². The Balaban J connectivity index is 3.60. The number of aliphatic hydroxyl groups is 1. The monoisotopic (exact) mass is 212 g/mol. The predicted molar refractivity (Wildman–Crippen MR) is 60.1 cm³/mol. The summed E-state index contributed by atoms with van der Waals surface area (Å²) < 4.78 is 4.56. The molecule has 0 aromatic heterocycles. The van der Waals surface area contributed by atoms with Gasteiger partial charge in [-0.05, 0) is 24.8 Å². The standard InChI is InChI=1S/C12H20O3/c1-10(2)5-4-6-11(3)7-8-15-12(14)9-13/h7-8,10,13H,3-6,9H2,1-2H3. The Hall–Kier alpha value is -1.09. The first-order valence-electron chi connectivity index (χ1n) is 5.21. The second-order valence-corrected chi connectivity index (χ2v) is 3.90. The molecule has 0 heterocycles. The predicted octanol–water partition coefficient (Wildman–Crippen LogP) is 2.42. The van der Waals surface area contributed by atoms with Crippen molar-refractivity contribution >= 4 is 5.97 Å². The summed E-state index contributed by atoms with van der Waals surface area (Å²) in [5.41, 5.74) is 0.932. The number of esters is 1. The van der Waals surface area contributed by atoms with Crippen LogP contribution in [0.1, 0.15) is 33.1 Å². The fourth-order valence-corrected chi connectivity index (χ4v) is 1.06. The smallest absolute Gasteiger partial charge is 0.336 e. The van der Waals surface area contributed by atoms with E-state index in [1.807, 2.05) is 0 Å². The third-order valence-corrected chi connectivity index (χ3v) is 1.91. The van der Waals surface area contributed by atoms with Crippen LogP contribution in [-0.4, -0.2) is 17.7 Å². The van der Waals surface area contributed by atoms with E-state index in [-0.39, 0.29) is 0 Å².